The Morgan fingerprint density at radius 3 is 1.73 bits per heavy atom. The lowest BCUT2D eigenvalue weighted by molar-refractivity contribution is 0.661. The summed E-state index contributed by atoms with van der Waals surface area (Å²) >= 11 is 0. The molecule has 1 aliphatic rings. The van der Waals surface area contributed by atoms with Crippen LogP contribution in [0.3, 0.4) is 0 Å². The van der Waals surface area contributed by atoms with Crippen molar-refractivity contribution in [3.8, 4) is 67.5 Å². The van der Waals surface area contributed by atoms with Crippen molar-refractivity contribution in [2.24, 2.45) is 0 Å². The topological polar surface area (TPSA) is 51.6 Å². The Morgan fingerprint density at radius 1 is 0.408 bits per heavy atom. The van der Waals surface area contributed by atoms with E-state index >= 15 is 0 Å². The van der Waals surface area contributed by atoms with E-state index in [4.69, 9.17) is 15.0 Å². The van der Waals surface area contributed by atoms with E-state index in [1.165, 1.54) is 38.6 Å². The first kappa shape index (κ1) is 28.9. The molecule has 4 heteroatoms. The van der Waals surface area contributed by atoms with Crippen molar-refractivity contribution in [3.05, 3.63) is 169 Å². The van der Waals surface area contributed by atoms with Gasteiger partial charge in [-0.2, -0.15) is 0 Å². The minimum atomic E-state index is -0.0549. The molecule has 0 atom stereocenters. The SMILES string of the molecule is CC1(C)c2ccc(-c3ccc(-c4nc(-c5ccncc5)nc(-c5cccc(-c6ccccc6)c5)n4)cc3)cc2-c2c1ccc1ccccc21. The van der Waals surface area contributed by atoms with Gasteiger partial charge in [-0.1, -0.05) is 135 Å². The van der Waals surface area contributed by atoms with E-state index in [-0.39, 0.29) is 5.41 Å². The lowest BCUT2D eigenvalue weighted by Crippen LogP contribution is -2.14. The van der Waals surface area contributed by atoms with Gasteiger partial charge in [0.05, 0.1) is 0 Å². The van der Waals surface area contributed by atoms with Gasteiger partial charge >= 0.3 is 0 Å². The standard InChI is InChI=1S/C45H32N4/c1-45(2)39-21-20-35(28-38(39)41-37-14-7-6-11-31(37)19-22-40(41)45)30-15-17-32(18-16-30)42-47-43(33-23-25-46-26-24-33)49-44(48-42)36-13-8-12-34(27-36)29-9-4-3-5-10-29/h3-28H,1-2H3. The van der Waals surface area contributed by atoms with Crippen LogP contribution in [0.2, 0.25) is 0 Å². The van der Waals surface area contributed by atoms with E-state index < -0.39 is 0 Å². The maximum absolute atomic E-state index is 5.02. The van der Waals surface area contributed by atoms with E-state index in [0.29, 0.717) is 17.5 Å². The van der Waals surface area contributed by atoms with E-state index in [0.717, 1.165) is 33.4 Å². The predicted molar refractivity (Wildman–Crippen MR) is 200 cm³/mol. The number of hydrogen-bond donors (Lipinski definition) is 0. The molecule has 0 aliphatic heterocycles. The summed E-state index contributed by atoms with van der Waals surface area (Å²) in [4.78, 5) is 19.1. The van der Waals surface area contributed by atoms with Crippen molar-refractivity contribution in [1.29, 1.82) is 0 Å². The van der Waals surface area contributed by atoms with Crippen LogP contribution in [-0.2, 0) is 5.41 Å². The Balaban J connectivity index is 1.12. The van der Waals surface area contributed by atoms with Gasteiger partial charge in [0, 0.05) is 34.5 Å². The summed E-state index contributed by atoms with van der Waals surface area (Å²) in [5.74, 6) is 1.87. The molecular formula is C45H32N4. The van der Waals surface area contributed by atoms with E-state index in [9.17, 15) is 0 Å². The fraction of sp³-hybridized carbons (Fsp3) is 0.0667. The molecule has 9 rings (SSSR count). The van der Waals surface area contributed by atoms with Gasteiger partial charge in [0.1, 0.15) is 0 Å². The normalized spacial score (nSPS) is 12.9. The third-order valence-electron chi connectivity index (χ3n) is 9.84. The molecule has 0 amide bonds. The highest BCUT2D eigenvalue weighted by atomic mass is 15.0. The Labute approximate surface area is 285 Å². The largest absolute Gasteiger partial charge is 0.265 e. The van der Waals surface area contributed by atoms with Gasteiger partial charge in [0.25, 0.3) is 0 Å². The molecule has 1 aliphatic carbocycles. The summed E-state index contributed by atoms with van der Waals surface area (Å²) in [6.07, 6.45) is 3.53. The summed E-state index contributed by atoms with van der Waals surface area (Å²) in [5.41, 5.74) is 12.7. The van der Waals surface area contributed by atoms with Crippen molar-refractivity contribution in [2.75, 3.05) is 0 Å². The van der Waals surface area contributed by atoms with Gasteiger partial charge in [-0.25, -0.2) is 15.0 Å². The van der Waals surface area contributed by atoms with Crippen LogP contribution < -0.4 is 0 Å². The van der Waals surface area contributed by atoms with E-state index in [1.807, 2.05) is 18.2 Å². The van der Waals surface area contributed by atoms with Crippen molar-refractivity contribution in [2.45, 2.75) is 19.3 Å². The molecule has 6 aromatic carbocycles. The predicted octanol–water partition coefficient (Wildman–Crippen LogP) is 11.1. The zero-order valence-electron chi connectivity index (χ0n) is 27.3. The Bertz CT molecular complexity index is 2500. The number of pyridine rings is 1. The second kappa shape index (κ2) is 11.5. The zero-order chi connectivity index (χ0) is 33.0. The molecule has 0 bridgehead atoms. The van der Waals surface area contributed by atoms with Crippen LogP contribution in [-0.4, -0.2) is 19.9 Å². The van der Waals surface area contributed by atoms with Crippen molar-refractivity contribution < 1.29 is 0 Å². The molecule has 2 heterocycles. The highest BCUT2D eigenvalue weighted by molar-refractivity contribution is 6.03. The highest BCUT2D eigenvalue weighted by Gasteiger charge is 2.36. The Kier molecular flexibility index (Phi) is 6.77. The van der Waals surface area contributed by atoms with Crippen LogP contribution in [0.4, 0.5) is 0 Å². The fourth-order valence-electron chi connectivity index (χ4n) is 7.25. The third-order valence-corrected chi connectivity index (χ3v) is 9.84. The first-order chi connectivity index (χ1) is 24.0. The second-order valence-corrected chi connectivity index (χ2v) is 13.2. The van der Waals surface area contributed by atoms with Gasteiger partial charge in [-0.3, -0.25) is 4.98 Å². The average Bonchev–Trinajstić information content (AvgIpc) is 3.41. The molecule has 0 spiro atoms. The maximum Gasteiger partial charge on any atom is 0.164 e. The molecule has 49 heavy (non-hydrogen) atoms. The highest BCUT2D eigenvalue weighted by Crippen LogP contribution is 2.52. The van der Waals surface area contributed by atoms with Gasteiger partial charge in [-0.15, -0.1) is 0 Å². The van der Waals surface area contributed by atoms with Crippen molar-refractivity contribution in [1.82, 2.24) is 19.9 Å². The Morgan fingerprint density at radius 2 is 0.959 bits per heavy atom. The second-order valence-electron chi connectivity index (χ2n) is 13.2. The number of hydrogen-bond acceptors (Lipinski definition) is 4. The van der Waals surface area contributed by atoms with Crippen LogP contribution in [0.1, 0.15) is 25.0 Å². The first-order valence-corrected chi connectivity index (χ1v) is 16.6. The monoisotopic (exact) mass is 628 g/mol. The minimum absolute atomic E-state index is 0.0549. The molecule has 0 fully saturated rings. The summed E-state index contributed by atoms with van der Waals surface area (Å²) < 4.78 is 0. The minimum Gasteiger partial charge on any atom is -0.265 e. The molecule has 8 aromatic rings. The van der Waals surface area contributed by atoms with Gasteiger partial charge < -0.3 is 0 Å². The number of nitrogens with zero attached hydrogens (tertiary/aromatic N) is 4. The van der Waals surface area contributed by atoms with Crippen LogP contribution in [0.5, 0.6) is 0 Å². The fourth-order valence-corrected chi connectivity index (χ4v) is 7.25. The number of benzene rings is 6. The van der Waals surface area contributed by atoms with E-state index in [1.54, 1.807) is 12.4 Å². The van der Waals surface area contributed by atoms with Crippen LogP contribution in [0, 0.1) is 0 Å². The molecule has 2 aromatic heterocycles. The molecule has 0 radical (unpaired) electrons. The van der Waals surface area contributed by atoms with Crippen LogP contribution >= 0.6 is 0 Å². The van der Waals surface area contributed by atoms with Gasteiger partial charge in [0.15, 0.2) is 17.5 Å². The average molecular weight is 629 g/mol. The number of aromatic nitrogens is 4. The zero-order valence-corrected chi connectivity index (χ0v) is 27.3. The first-order valence-electron chi connectivity index (χ1n) is 16.6. The molecule has 0 saturated carbocycles. The summed E-state index contributed by atoms with van der Waals surface area (Å²) in [5, 5.41) is 2.58. The molecule has 0 saturated heterocycles. The van der Waals surface area contributed by atoms with Crippen LogP contribution in [0.25, 0.3) is 78.3 Å². The van der Waals surface area contributed by atoms with Gasteiger partial charge in [-0.05, 0) is 79.5 Å². The molecular weight excluding hydrogens is 597 g/mol. The molecule has 0 N–H and O–H groups in total. The van der Waals surface area contributed by atoms with Crippen molar-refractivity contribution >= 4 is 10.8 Å². The third kappa shape index (κ3) is 5.01. The molecule has 232 valence electrons. The quantitative estimate of drug-likeness (QED) is 0.190. The Hall–Kier alpha value is -6.26. The molecule has 0 unspecified atom stereocenters. The number of rotatable bonds is 5. The maximum atomic E-state index is 5.02. The van der Waals surface area contributed by atoms with Crippen LogP contribution in [0.15, 0.2) is 158 Å². The summed E-state index contributed by atoms with van der Waals surface area (Å²) in [7, 11) is 0. The lowest BCUT2D eigenvalue weighted by atomic mass is 9.82. The number of fused-ring (bicyclic) bond motifs is 5. The smallest absolute Gasteiger partial charge is 0.164 e. The summed E-state index contributed by atoms with van der Waals surface area (Å²) in [6, 6.07) is 51.4. The van der Waals surface area contributed by atoms with Gasteiger partial charge in [0.2, 0.25) is 0 Å². The molecule has 4 nitrogen and oxygen atoms in total. The van der Waals surface area contributed by atoms with Crippen molar-refractivity contribution in [3.63, 3.8) is 0 Å². The lowest BCUT2D eigenvalue weighted by Gasteiger charge is -2.21. The summed E-state index contributed by atoms with van der Waals surface area (Å²) in [6.45, 7) is 4.67. The van der Waals surface area contributed by atoms with E-state index in [2.05, 4.69) is 146 Å².